The van der Waals surface area contributed by atoms with Crippen LogP contribution in [0.5, 0.6) is 0 Å². The van der Waals surface area contributed by atoms with E-state index in [0.717, 1.165) is 30.7 Å². The summed E-state index contributed by atoms with van der Waals surface area (Å²) in [7, 11) is 0. The first kappa shape index (κ1) is 16.8. The Kier molecular flexibility index (Phi) is 5.04. The average Bonchev–Trinajstić information content (AvgIpc) is 3.19. The molecule has 1 aliphatic rings. The largest absolute Gasteiger partial charge is 0.381 e. The van der Waals surface area contributed by atoms with Gasteiger partial charge in [-0.15, -0.1) is 0 Å². The molecule has 2 heterocycles. The SMILES string of the molecule is CCN(C[C@@H]1CCOC1)C(=O)Cn1c(=O)n(CC)c2ccccc21. The van der Waals surface area contributed by atoms with Crippen LogP contribution in [0.2, 0.25) is 0 Å². The highest BCUT2D eigenvalue weighted by molar-refractivity contribution is 5.81. The third-order valence-corrected chi connectivity index (χ3v) is 4.77. The second-order valence-corrected chi connectivity index (χ2v) is 6.26. The van der Waals surface area contributed by atoms with Crippen LogP contribution in [-0.4, -0.2) is 46.2 Å². The Morgan fingerprint density at radius 2 is 1.96 bits per heavy atom. The van der Waals surface area contributed by atoms with Crippen LogP contribution in [0, 0.1) is 5.92 Å². The molecule has 6 heteroatoms. The van der Waals surface area contributed by atoms with Gasteiger partial charge >= 0.3 is 5.69 Å². The van der Waals surface area contributed by atoms with Crippen molar-refractivity contribution in [2.45, 2.75) is 33.4 Å². The van der Waals surface area contributed by atoms with Crippen LogP contribution in [0.4, 0.5) is 0 Å². The number of aromatic nitrogens is 2. The number of carbonyl (C=O) groups excluding carboxylic acids is 1. The number of hydrogen-bond acceptors (Lipinski definition) is 3. The number of ether oxygens (including phenoxy) is 1. The molecule has 1 aromatic carbocycles. The van der Waals surface area contributed by atoms with Gasteiger partial charge < -0.3 is 9.64 Å². The predicted molar refractivity (Wildman–Crippen MR) is 93.1 cm³/mol. The van der Waals surface area contributed by atoms with Crippen LogP contribution in [0.25, 0.3) is 11.0 Å². The zero-order chi connectivity index (χ0) is 17.1. The molecule has 1 saturated heterocycles. The quantitative estimate of drug-likeness (QED) is 0.810. The second kappa shape index (κ2) is 7.21. The number of carbonyl (C=O) groups is 1. The minimum Gasteiger partial charge on any atom is -0.381 e. The summed E-state index contributed by atoms with van der Waals surface area (Å²) in [6, 6.07) is 7.64. The van der Waals surface area contributed by atoms with Gasteiger partial charge in [-0.1, -0.05) is 12.1 Å². The lowest BCUT2D eigenvalue weighted by Crippen LogP contribution is -2.39. The van der Waals surface area contributed by atoms with E-state index in [9.17, 15) is 9.59 Å². The van der Waals surface area contributed by atoms with Gasteiger partial charge in [-0.25, -0.2) is 4.79 Å². The van der Waals surface area contributed by atoms with Gasteiger partial charge in [-0.2, -0.15) is 0 Å². The molecule has 0 N–H and O–H groups in total. The highest BCUT2D eigenvalue weighted by atomic mass is 16.5. The van der Waals surface area contributed by atoms with E-state index in [-0.39, 0.29) is 18.1 Å². The monoisotopic (exact) mass is 331 g/mol. The molecule has 1 aromatic heterocycles. The minimum atomic E-state index is -0.118. The third-order valence-electron chi connectivity index (χ3n) is 4.77. The summed E-state index contributed by atoms with van der Waals surface area (Å²) in [6.07, 6.45) is 0.999. The number of benzene rings is 1. The van der Waals surface area contributed by atoms with Crippen LogP contribution >= 0.6 is 0 Å². The van der Waals surface area contributed by atoms with E-state index in [1.165, 1.54) is 0 Å². The highest BCUT2D eigenvalue weighted by Crippen LogP contribution is 2.16. The number of imidazole rings is 1. The second-order valence-electron chi connectivity index (χ2n) is 6.26. The molecule has 6 nitrogen and oxygen atoms in total. The van der Waals surface area contributed by atoms with Crippen LogP contribution < -0.4 is 5.69 Å². The highest BCUT2D eigenvalue weighted by Gasteiger charge is 2.23. The molecule has 0 aliphatic carbocycles. The Morgan fingerprint density at radius 3 is 2.54 bits per heavy atom. The van der Waals surface area contributed by atoms with Crippen molar-refractivity contribution in [3.63, 3.8) is 0 Å². The van der Waals surface area contributed by atoms with Crippen molar-refractivity contribution in [3.8, 4) is 0 Å². The number of hydrogen-bond donors (Lipinski definition) is 0. The van der Waals surface area contributed by atoms with E-state index in [2.05, 4.69) is 0 Å². The molecular weight excluding hydrogens is 306 g/mol. The van der Waals surface area contributed by atoms with Crippen LogP contribution in [0.15, 0.2) is 29.1 Å². The zero-order valence-corrected chi connectivity index (χ0v) is 14.4. The first-order valence-corrected chi connectivity index (χ1v) is 8.69. The van der Waals surface area contributed by atoms with E-state index in [1.807, 2.05) is 43.0 Å². The van der Waals surface area contributed by atoms with Gasteiger partial charge in [0.1, 0.15) is 6.54 Å². The molecule has 24 heavy (non-hydrogen) atoms. The average molecular weight is 331 g/mol. The molecule has 2 aromatic rings. The van der Waals surface area contributed by atoms with Gasteiger partial charge in [0.05, 0.1) is 17.6 Å². The first-order chi connectivity index (χ1) is 11.7. The van der Waals surface area contributed by atoms with Crippen molar-refractivity contribution in [1.29, 1.82) is 0 Å². The maximum atomic E-state index is 12.7. The van der Waals surface area contributed by atoms with Gasteiger partial charge in [0, 0.05) is 32.2 Å². The number of amides is 1. The van der Waals surface area contributed by atoms with Crippen LogP contribution in [-0.2, 0) is 22.6 Å². The number of rotatable bonds is 6. The summed E-state index contributed by atoms with van der Waals surface area (Å²) in [4.78, 5) is 27.2. The smallest absolute Gasteiger partial charge is 0.329 e. The van der Waals surface area contributed by atoms with Gasteiger partial charge in [0.2, 0.25) is 5.91 Å². The molecule has 3 rings (SSSR count). The van der Waals surface area contributed by atoms with E-state index < -0.39 is 0 Å². The number of aryl methyl sites for hydroxylation is 1. The molecule has 1 amide bonds. The fourth-order valence-corrected chi connectivity index (χ4v) is 3.41. The van der Waals surface area contributed by atoms with Gasteiger partial charge in [0.15, 0.2) is 0 Å². The number of likely N-dealkylation sites (N-methyl/N-ethyl adjacent to an activating group) is 1. The molecule has 130 valence electrons. The first-order valence-electron chi connectivity index (χ1n) is 8.69. The molecular formula is C18H25N3O3. The Balaban J connectivity index is 1.84. The standard InChI is InChI=1S/C18H25N3O3/c1-3-19(11-14-9-10-24-13-14)17(22)12-21-16-8-6-5-7-15(16)20(4-2)18(21)23/h5-8,14H,3-4,9-13H2,1-2H3/t14-/m0/s1. The van der Waals surface area contributed by atoms with Gasteiger partial charge in [-0.3, -0.25) is 13.9 Å². The molecule has 1 fully saturated rings. The van der Waals surface area contributed by atoms with Crippen molar-refractivity contribution in [3.05, 3.63) is 34.7 Å². The van der Waals surface area contributed by atoms with Crippen LogP contribution in [0.1, 0.15) is 20.3 Å². The lowest BCUT2D eigenvalue weighted by molar-refractivity contribution is -0.132. The topological polar surface area (TPSA) is 56.5 Å². The number of para-hydroxylation sites is 2. The van der Waals surface area contributed by atoms with Crippen molar-refractivity contribution in [1.82, 2.24) is 14.0 Å². The fraction of sp³-hybridized carbons (Fsp3) is 0.556. The van der Waals surface area contributed by atoms with E-state index >= 15 is 0 Å². The van der Waals surface area contributed by atoms with Crippen molar-refractivity contribution >= 4 is 16.9 Å². The summed E-state index contributed by atoms with van der Waals surface area (Å²) in [5, 5.41) is 0. The van der Waals surface area contributed by atoms with E-state index in [4.69, 9.17) is 4.74 Å². The molecule has 0 saturated carbocycles. The number of fused-ring (bicyclic) bond motifs is 1. The maximum Gasteiger partial charge on any atom is 0.329 e. The predicted octanol–water partition coefficient (Wildman–Crippen LogP) is 1.71. The fourth-order valence-electron chi connectivity index (χ4n) is 3.41. The summed E-state index contributed by atoms with van der Waals surface area (Å²) in [6.45, 7) is 7.46. The third kappa shape index (κ3) is 3.11. The number of nitrogens with zero attached hydrogens (tertiary/aromatic N) is 3. The Hall–Kier alpha value is -2.08. The molecule has 0 spiro atoms. The Morgan fingerprint density at radius 1 is 1.25 bits per heavy atom. The lowest BCUT2D eigenvalue weighted by atomic mass is 10.1. The molecule has 1 aliphatic heterocycles. The Labute approximate surface area is 141 Å². The Bertz CT molecular complexity index is 771. The minimum absolute atomic E-state index is 0.00879. The normalized spacial score (nSPS) is 17.5. The molecule has 0 radical (unpaired) electrons. The lowest BCUT2D eigenvalue weighted by Gasteiger charge is -2.23. The molecule has 0 bridgehead atoms. The van der Waals surface area contributed by atoms with E-state index in [1.54, 1.807) is 9.13 Å². The summed E-state index contributed by atoms with van der Waals surface area (Å²) in [5.74, 6) is 0.396. The van der Waals surface area contributed by atoms with Crippen molar-refractivity contribution in [2.75, 3.05) is 26.3 Å². The van der Waals surface area contributed by atoms with Crippen molar-refractivity contribution < 1.29 is 9.53 Å². The maximum absolute atomic E-state index is 12.7. The van der Waals surface area contributed by atoms with Crippen LogP contribution in [0.3, 0.4) is 0 Å². The molecule has 0 unspecified atom stereocenters. The van der Waals surface area contributed by atoms with Gasteiger partial charge in [-0.05, 0) is 32.4 Å². The summed E-state index contributed by atoms with van der Waals surface area (Å²) < 4.78 is 8.70. The summed E-state index contributed by atoms with van der Waals surface area (Å²) >= 11 is 0. The van der Waals surface area contributed by atoms with Gasteiger partial charge in [0.25, 0.3) is 0 Å². The summed E-state index contributed by atoms with van der Waals surface area (Å²) in [5.41, 5.74) is 1.58. The van der Waals surface area contributed by atoms with E-state index in [0.29, 0.717) is 25.6 Å². The van der Waals surface area contributed by atoms with Crippen molar-refractivity contribution in [2.24, 2.45) is 5.92 Å². The zero-order valence-electron chi connectivity index (χ0n) is 14.4. The molecule has 1 atom stereocenters.